The van der Waals surface area contributed by atoms with Crippen LogP contribution >= 0.6 is 22.9 Å². The van der Waals surface area contributed by atoms with Crippen LogP contribution in [0.2, 0.25) is 5.02 Å². The average molecular weight is 358 g/mol. The number of aryl methyl sites for hydroxylation is 1. The van der Waals surface area contributed by atoms with Crippen molar-refractivity contribution in [2.45, 2.75) is 19.3 Å². The van der Waals surface area contributed by atoms with Crippen LogP contribution in [0.5, 0.6) is 0 Å². The lowest BCUT2D eigenvalue weighted by molar-refractivity contribution is -0.116. The number of hydrogen-bond acceptors (Lipinski definition) is 4. The van der Waals surface area contributed by atoms with Gasteiger partial charge in [0.15, 0.2) is 0 Å². The molecule has 0 fully saturated rings. The van der Waals surface area contributed by atoms with E-state index in [0.717, 1.165) is 16.1 Å². The molecule has 0 radical (unpaired) electrons. The molecule has 1 heterocycles. The van der Waals surface area contributed by atoms with Crippen molar-refractivity contribution in [1.82, 2.24) is 10.2 Å². The van der Waals surface area contributed by atoms with Crippen LogP contribution in [-0.2, 0) is 17.6 Å². The Morgan fingerprint density at radius 2 is 1.75 bits per heavy atom. The molecule has 0 aliphatic rings. The van der Waals surface area contributed by atoms with Crippen LogP contribution in [0.3, 0.4) is 0 Å². The van der Waals surface area contributed by atoms with E-state index in [-0.39, 0.29) is 5.91 Å². The van der Waals surface area contributed by atoms with Gasteiger partial charge in [0.1, 0.15) is 5.01 Å². The Kier molecular flexibility index (Phi) is 5.56. The number of benzene rings is 2. The number of amides is 1. The first-order valence-electron chi connectivity index (χ1n) is 7.59. The van der Waals surface area contributed by atoms with Crippen molar-refractivity contribution in [3.05, 3.63) is 75.8 Å². The fraction of sp³-hybridized carbons (Fsp3) is 0.167. The van der Waals surface area contributed by atoms with E-state index >= 15 is 0 Å². The van der Waals surface area contributed by atoms with Gasteiger partial charge in [0, 0.05) is 17.9 Å². The summed E-state index contributed by atoms with van der Waals surface area (Å²) in [7, 11) is 0. The molecule has 0 bridgehead atoms. The lowest BCUT2D eigenvalue weighted by Gasteiger charge is -2.01. The van der Waals surface area contributed by atoms with Crippen LogP contribution in [0.1, 0.15) is 22.6 Å². The van der Waals surface area contributed by atoms with Crippen molar-refractivity contribution < 1.29 is 4.79 Å². The van der Waals surface area contributed by atoms with E-state index in [4.69, 9.17) is 11.6 Å². The van der Waals surface area contributed by atoms with Crippen molar-refractivity contribution >= 4 is 34.0 Å². The van der Waals surface area contributed by atoms with Gasteiger partial charge >= 0.3 is 0 Å². The zero-order valence-electron chi connectivity index (χ0n) is 12.9. The van der Waals surface area contributed by atoms with E-state index in [9.17, 15) is 4.79 Å². The number of hydrogen-bond donors (Lipinski definition) is 1. The molecular formula is C18H16ClN3OS. The zero-order chi connectivity index (χ0) is 16.8. The molecule has 1 aromatic heterocycles. The van der Waals surface area contributed by atoms with Gasteiger partial charge < -0.3 is 5.32 Å². The predicted octanol–water partition coefficient (Wildman–Crippen LogP) is 4.35. The summed E-state index contributed by atoms with van der Waals surface area (Å²) < 4.78 is 0. The number of anilines is 1. The van der Waals surface area contributed by atoms with Crippen LogP contribution in [0.15, 0.2) is 54.6 Å². The second kappa shape index (κ2) is 8.04. The maximum absolute atomic E-state index is 12.0. The van der Waals surface area contributed by atoms with Gasteiger partial charge in [0.25, 0.3) is 0 Å². The minimum Gasteiger partial charge on any atom is -0.301 e. The van der Waals surface area contributed by atoms with Crippen LogP contribution in [0.4, 0.5) is 5.13 Å². The van der Waals surface area contributed by atoms with Crippen molar-refractivity contribution in [2.24, 2.45) is 0 Å². The molecule has 6 heteroatoms. The zero-order valence-corrected chi connectivity index (χ0v) is 14.5. The molecule has 0 saturated carbocycles. The van der Waals surface area contributed by atoms with Crippen molar-refractivity contribution in [2.75, 3.05) is 5.32 Å². The summed E-state index contributed by atoms with van der Waals surface area (Å²) in [5, 5.41) is 13.1. The number of carbonyl (C=O) groups is 1. The molecule has 24 heavy (non-hydrogen) atoms. The second-order valence-electron chi connectivity index (χ2n) is 5.34. The Balaban J connectivity index is 1.51. The topological polar surface area (TPSA) is 54.9 Å². The Hall–Kier alpha value is -2.24. The summed E-state index contributed by atoms with van der Waals surface area (Å²) in [5.74, 6) is -0.0481. The highest BCUT2D eigenvalue weighted by atomic mass is 35.5. The predicted molar refractivity (Wildman–Crippen MR) is 97.6 cm³/mol. The standard InChI is InChI=1S/C18H16ClN3OS/c19-15-9-6-14(7-10-15)12-17-21-22-18(24-17)20-16(23)11-8-13-4-2-1-3-5-13/h1-7,9-10H,8,11-12H2,(H,20,22,23). The van der Waals surface area contributed by atoms with E-state index in [1.165, 1.54) is 11.3 Å². The number of rotatable bonds is 6. The van der Waals surface area contributed by atoms with Crippen molar-refractivity contribution in [3.63, 3.8) is 0 Å². The minimum absolute atomic E-state index is 0.0481. The first-order chi connectivity index (χ1) is 11.7. The monoisotopic (exact) mass is 357 g/mol. The molecule has 0 aliphatic heterocycles. The molecule has 122 valence electrons. The summed E-state index contributed by atoms with van der Waals surface area (Å²) in [6.45, 7) is 0. The van der Waals surface area contributed by atoms with E-state index in [0.29, 0.717) is 29.4 Å². The van der Waals surface area contributed by atoms with Crippen molar-refractivity contribution in [1.29, 1.82) is 0 Å². The Morgan fingerprint density at radius 3 is 2.50 bits per heavy atom. The van der Waals surface area contributed by atoms with Gasteiger partial charge in [-0.2, -0.15) is 0 Å². The maximum Gasteiger partial charge on any atom is 0.226 e. The Bertz CT molecular complexity index is 803. The molecule has 2 aromatic carbocycles. The summed E-state index contributed by atoms with van der Waals surface area (Å²) >= 11 is 7.27. The van der Waals surface area contributed by atoms with Gasteiger partial charge in [-0.15, -0.1) is 10.2 Å². The van der Waals surface area contributed by atoms with E-state index in [1.54, 1.807) is 0 Å². The molecule has 1 N–H and O–H groups in total. The van der Waals surface area contributed by atoms with Crippen molar-refractivity contribution in [3.8, 4) is 0 Å². The average Bonchev–Trinajstić information content (AvgIpc) is 3.03. The van der Waals surface area contributed by atoms with Gasteiger partial charge in [-0.05, 0) is 29.7 Å². The van der Waals surface area contributed by atoms with Crippen LogP contribution in [-0.4, -0.2) is 16.1 Å². The molecule has 3 aromatic rings. The highest BCUT2D eigenvalue weighted by Crippen LogP contribution is 2.20. The summed E-state index contributed by atoms with van der Waals surface area (Å²) in [4.78, 5) is 12.0. The van der Waals surface area contributed by atoms with E-state index < -0.39 is 0 Å². The number of carbonyl (C=O) groups excluding carboxylic acids is 1. The lowest BCUT2D eigenvalue weighted by Crippen LogP contribution is -2.12. The third kappa shape index (κ3) is 4.88. The minimum atomic E-state index is -0.0481. The Morgan fingerprint density at radius 1 is 1.00 bits per heavy atom. The van der Waals surface area contributed by atoms with E-state index in [1.807, 2.05) is 54.6 Å². The van der Waals surface area contributed by atoms with Crippen LogP contribution in [0, 0.1) is 0 Å². The quantitative estimate of drug-likeness (QED) is 0.713. The van der Waals surface area contributed by atoms with Gasteiger partial charge in [-0.1, -0.05) is 65.4 Å². The first-order valence-corrected chi connectivity index (χ1v) is 8.79. The fourth-order valence-electron chi connectivity index (χ4n) is 2.24. The third-order valence-corrected chi connectivity index (χ3v) is 4.56. The first kappa shape index (κ1) is 16.6. The number of nitrogens with zero attached hydrogens (tertiary/aromatic N) is 2. The SMILES string of the molecule is O=C(CCc1ccccc1)Nc1nnc(Cc2ccc(Cl)cc2)s1. The van der Waals surface area contributed by atoms with Gasteiger partial charge in [0.05, 0.1) is 0 Å². The number of nitrogens with one attached hydrogen (secondary N) is 1. The molecule has 1 amide bonds. The maximum atomic E-state index is 12.0. The number of aromatic nitrogens is 2. The third-order valence-electron chi connectivity index (χ3n) is 3.47. The van der Waals surface area contributed by atoms with Gasteiger partial charge in [-0.3, -0.25) is 4.79 Å². The Labute approximate surface area is 149 Å². The molecule has 0 spiro atoms. The molecule has 4 nitrogen and oxygen atoms in total. The lowest BCUT2D eigenvalue weighted by atomic mass is 10.1. The molecular weight excluding hydrogens is 342 g/mol. The molecule has 0 atom stereocenters. The summed E-state index contributed by atoms with van der Waals surface area (Å²) in [5.41, 5.74) is 2.26. The van der Waals surface area contributed by atoms with Gasteiger partial charge in [0.2, 0.25) is 11.0 Å². The fourth-order valence-corrected chi connectivity index (χ4v) is 3.15. The van der Waals surface area contributed by atoms with Crippen LogP contribution < -0.4 is 5.32 Å². The van der Waals surface area contributed by atoms with E-state index in [2.05, 4.69) is 15.5 Å². The summed E-state index contributed by atoms with van der Waals surface area (Å²) in [6, 6.07) is 17.6. The smallest absolute Gasteiger partial charge is 0.226 e. The molecule has 3 rings (SSSR count). The largest absolute Gasteiger partial charge is 0.301 e. The van der Waals surface area contributed by atoms with Crippen LogP contribution in [0.25, 0.3) is 0 Å². The highest BCUT2D eigenvalue weighted by Gasteiger charge is 2.09. The number of halogens is 1. The molecule has 0 unspecified atom stereocenters. The highest BCUT2D eigenvalue weighted by molar-refractivity contribution is 7.15. The summed E-state index contributed by atoms with van der Waals surface area (Å²) in [6.07, 6.45) is 1.81. The molecule has 0 aliphatic carbocycles. The van der Waals surface area contributed by atoms with Gasteiger partial charge in [-0.25, -0.2) is 0 Å². The normalized spacial score (nSPS) is 10.5. The second-order valence-corrected chi connectivity index (χ2v) is 6.84. The molecule has 0 saturated heterocycles.